The Morgan fingerprint density at radius 2 is 2.14 bits per heavy atom. The number of benzene rings is 1. The maximum Gasteiger partial charge on any atom is 0.263 e. The van der Waals surface area contributed by atoms with Crippen LogP contribution in [-0.4, -0.2) is 49.9 Å². The Hall–Kier alpha value is -1.08. The summed E-state index contributed by atoms with van der Waals surface area (Å²) in [4.78, 5) is 13.9. The summed E-state index contributed by atoms with van der Waals surface area (Å²) in [5.74, 6) is 0.568. The number of amides is 1. The van der Waals surface area contributed by atoms with Gasteiger partial charge in [-0.05, 0) is 53.9 Å². The standard InChI is InChI=1S/C15H20BrNO4S/c1-10-4-5-14(13(16)8-10)21-11(2)15(18)17(3)12-6-7-22(19,20)9-12/h4-5,8,11-12H,6-7,9H2,1-3H3/t11-,12-/m0/s1. The van der Waals surface area contributed by atoms with E-state index in [2.05, 4.69) is 15.9 Å². The molecule has 7 heteroatoms. The molecule has 1 heterocycles. The van der Waals surface area contributed by atoms with Crippen LogP contribution in [0.5, 0.6) is 5.75 Å². The summed E-state index contributed by atoms with van der Waals surface area (Å²) in [7, 11) is -1.38. The monoisotopic (exact) mass is 389 g/mol. The molecule has 2 atom stereocenters. The van der Waals surface area contributed by atoms with Crippen molar-refractivity contribution < 1.29 is 17.9 Å². The van der Waals surface area contributed by atoms with Crippen molar-refractivity contribution in [2.75, 3.05) is 18.6 Å². The van der Waals surface area contributed by atoms with Crippen LogP contribution in [0, 0.1) is 6.92 Å². The van der Waals surface area contributed by atoms with Gasteiger partial charge in [-0.1, -0.05) is 6.07 Å². The zero-order chi connectivity index (χ0) is 16.5. The Morgan fingerprint density at radius 1 is 1.45 bits per heavy atom. The molecule has 1 saturated heterocycles. The van der Waals surface area contributed by atoms with E-state index in [4.69, 9.17) is 4.74 Å². The van der Waals surface area contributed by atoms with Crippen molar-refractivity contribution in [1.29, 1.82) is 0 Å². The quantitative estimate of drug-likeness (QED) is 0.791. The van der Waals surface area contributed by atoms with Crippen molar-refractivity contribution in [3.05, 3.63) is 28.2 Å². The highest BCUT2D eigenvalue weighted by molar-refractivity contribution is 9.10. The van der Waals surface area contributed by atoms with Gasteiger partial charge < -0.3 is 9.64 Å². The van der Waals surface area contributed by atoms with Gasteiger partial charge in [0.15, 0.2) is 15.9 Å². The number of carbonyl (C=O) groups excluding carboxylic acids is 1. The first-order valence-corrected chi connectivity index (χ1v) is 9.71. The number of ether oxygens (including phenoxy) is 1. The summed E-state index contributed by atoms with van der Waals surface area (Å²) in [6.45, 7) is 3.64. The van der Waals surface area contributed by atoms with Crippen molar-refractivity contribution in [2.45, 2.75) is 32.4 Å². The number of aryl methyl sites for hydroxylation is 1. The second kappa shape index (κ2) is 6.58. The van der Waals surface area contributed by atoms with E-state index in [0.29, 0.717) is 12.2 Å². The lowest BCUT2D eigenvalue weighted by molar-refractivity contribution is -0.138. The molecule has 22 heavy (non-hydrogen) atoms. The van der Waals surface area contributed by atoms with Gasteiger partial charge in [0, 0.05) is 13.1 Å². The van der Waals surface area contributed by atoms with Gasteiger partial charge >= 0.3 is 0 Å². The predicted octanol–water partition coefficient (Wildman–Crippen LogP) is 2.17. The van der Waals surface area contributed by atoms with Gasteiger partial charge in [-0.15, -0.1) is 0 Å². The third kappa shape index (κ3) is 4.01. The lowest BCUT2D eigenvalue weighted by atomic mass is 10.2. The van der Waals surface area contributed by atoms with E-state index >= 15 is 0 Å². The van der Waals surface area contributed by atoms with Gasteiger partial charge in [0.1, 0.15) is 5.75 Å². The van der Waals surface area contributed by atoms with Gasteiger partial charge in [-0.25, -0.2) is 8.42 Å². The summed E-state index contributed by atoms with van der Waals surface area (Å²) >= 11 is 3.41. The van der Waals surface area contributed by atoms with E-state index in [1.165, 1.54) is 4.90 Å². The summed E-state index contributed by atoms with van der Waals surface area (Å²) in [5.41, 5.74) is 1.09. The highest BCUT2D eigenvalue weighted by atomic mass is 79.9. The van der Waals surface area contributed by atoms with Crippen LogP contribution in [0.25, 0.3) is 0 Å². The highest BCUT2D eigenvalue weighted by Gasteiger charge is 2.34. The van der Waals surface area contributed by atoms with E-state index in [1.807, 2.05) is 25.1 Å². The molecule has 0 unspecified atom stereocenters. The molecule has 2 rings (SSSR count). The van der Waals surface area contributed by atoms with Gasteiger partial charge in [-0.3, -0.25) is 4.79 Å². The number of halogens is 1. The average Bonchev–Trinajstić information content (AvgIpc) is 2.80. The average molecular weight is 390 g/mol. The third-order valence-corrected chi connectivity index (χ3v) is 6.21. The van der Waals surface area contributed by atoms with Gasteiger partial charge in [0.2, 0.25) is 0 Å². The number of sulfone groups is 1. The van der Waals surface area contributed by atoms with Crippen molar-refractivity contribution in [3.63, 3.8) is 0 Å². The minimum atomic E-state index is -3.01. The maximum atomic E-state index is 12.4. The van der Waals surface area contributed by atoms with Crippen LogP contribution in [0.15, 0.2) is 22.7 Å². The molecular weight excluding hydrogens is 370 g/mol. The van der Waals surface area contributed by atoms with E-state index in [1.54, 1.807) is 14.0 Å². The predicted molar refractivity (Wildman–Crippen MR) is 88.8 cm³/mol. The molecule has 122 valence electrons. The largest absolute Gasteiger partial charge is 0.480 e. The second-order valence-corrected chi connectivity index (χ2v) is 8.78. The molecule has 1 amide bonds. The lowest BCUT2D eigenvalue weighted by Gasteiger charge is -2.27. The van der Waals surface area contributed by atoms with Crippen LogP contribution >= 0.6 is 15.9 Å². The topological polar surface area (TPSA) is 63.7 Å². The zero-order valence-corrected chi connectivity index (χ0v) is 15.3. The Bertz CT molecular complexity index is 674. The Kier molecular flexibility index (Phi) is 5.17. The van der Waals surface area contributed by atoms with E-state index in [9.17, 15) is 13.2 Å². The first kappa shape index (κ1) is 17.3. The summed E-state index contributed by atoms with van der Waals surface area (Å²) in [6.07, 6.45) is -0.182. The smallest absolute Gasteiger partial charge is 0.263 e. The first-order valence-electron chi connectivity index (χ1n) is 7.09. The molecule has 0 aliphatic carbocycles. The van der Waals surface area contributed by atoms with Crippen molar-refractivity contribution in [3.8, 4) is 5.75 Å². The molecule has 1 aliphatic heterocycles. The van der Waals surface area contributed by atoms with Crippen molar-refractivity contribution in [1.82, 2.24) is 4.90 Å². The van der Waals surface area contributed by atoms with Crippen LogP contribution in [0.3, 0.4) is 0 Å². The lowest BCUT2D eigenvalue weighted by Crippen LogP contribution is -2.44. The molecular formula is C15H20BrNO4S. The molecule has 1 aromatic carbocycles. The molecule has 5 nitrogen and oxygen atoms in total. The van der Waals surface area contributed by atoms with Gasteiger partial charge in [0.25, 0.3) is 5.91 Å². The minimum Gasteiger partial charge on any atom is -0.480 e. The number of rotatable bonds is 4. The summed E-state index contributed by atoms with van der Waals surface area (Å²) < 4.78 is 29.6. The second-order valence-electron chi connectivity index (χ2n) is 5.70. The number of nitrogens with zero attached hydrogens (tertiary/aromatic N) is 1. The SMILES string of the molecule is Cc1ccc(O[C@@H](C)C(=O)N(C)[C@H]2CCS(=O)(=O)C2)c(Br)c1. The van der Waals surface area contributed by atoms with Crippen molar-refractivity contribution >= 4 is 31.7 Å². The fraction of sp³-hybridized carbons (Fsp3) is 0.533. The minimum absolute atomic E-state index is 0.0379. The zero-order valence-electron chi connectivity index (χ0n) is 12.9. The normalized spacial score (nSPS) is 21.4. The highest BCUT2D eigenvalue weighted by Crippen LogP contribution is 2.27. The molecule has 0 N–H and O–H groups in total. The fourth-order valence-corrected chi connectivity index (χ4v) is 4.85. The van der Waals surface area contributed by atoms with Crippen LogP contribution < -0.4 is 4.74 Å². The maximum absolute atomic E-state index is 12.4. The number of hydrogen-bond acceptors (Lipinski definition) is 4. The van der Waals surface area contributed by atoms with E-state index in [0.717, 1.165) is 10.0 Å². The van der Waals surface area contributed by atoms with E-state index < -0.39 is 15.9 Å². The van der Waals surface area contributed by atoms with Gasteiger partial charge in [0.05, 0.1) is 16.0 Å². The van der Waals surface area contributed by atoms with Crippen LogP contribution in [0.2, 0.25) is 0 Å². The Labute approximate surface area is 139 Å². The van der Waals surface area contributed by atoms with Gasteiger partial charge in [-0.2, -0.15) is 0 Å². The molecule has 0 aromatic heterocycles. The molecule has 0 spiro atoms. The summed E-state index contributed by atoms with van der Waals surface area (Å²) in [6, 6.07) is 5.37. The molecule has 1 fully saturated rings. The van der Waals surface area contributed by atoms with Crippen LogP contribution in [0.1, 0.15) is 18.9 Å². The molecule has 0 bridgehead atoms. The summed E-state index contributed by atoms with van der Waals surface area (Å²) in [5, 5.41) is 0. The Morgan fingerprint density at radius 3 is 2.68 bits per heavy atom. The Balaban J connectivity index is 2.02. The molecule has 0 saturated carbocycles. The van der Waals surface area contributed by atoms with Crippen molar-refractivity contribution in [2.24, 2.45) is 0 Å². The van der Waals surface area contributed by atoms with Crippen LogP contribution in [-0.2, 0) is 14.6 Å². The number of carbonyl (C=O) groups is 1. The molecule has 1 aliphatic rings. The molecule has 1 aromatic rings. The van der Waals surface area contributed by atoms with E-state index in [-0.39, 0.29) is 23.5 Å². The van der Waals surface area contributed by atoms with Crippen LogP contribution in [0.4, 0.5) is 0 Å². The molecule has 0 radical (unpaired) electrons. The third-order valence-electron chi connectivity index (χ3n) is 3.84. The fourth-order valence-electron chi connectivity index (χ4n) is 2.49. The number of hydrogen-bond donors (Lipinski definition) is 0. The first-order chi connectivity index (χ1) is 10.2. The number of likely N-dealkylation sites (N-methyl/N-ethyl adjacent to an activating group) is 1.